The minimum absolute atomic E-state index is 0.174. The van der Waals surface area contributed by atoms with Gasteiger partial charge in [-0.1, -0.05) is 0 Å². The summed E-state index contributed by atoms with van der Waals surface area (Å²) in [4.78, 5) is 16.2. The lowest BCUT2D eigenvalue weighted by Gasteiger charge is -2.29. The highest BCUT2D eigenvalue weighted by molar-refractivity contribution is 5.68. The van der Waals surface area contributed by atoms with Crippen LogP contribution in [-0.4, -0.2) is 42.8 Å². The van der Waals surface area contributed by atoms with E-state index in [9.17, 15) is 4.79 Å². The van der Waals surface area contributed by atoms with Crippen molar-refractivity contribution < 1.29 is 9.53 Å². The van der Waals surface area contributed by atoms with Crippen LogP contribution in [0.1, 0.15) is 32.8 Å². The van der Waals surface area contributed by atoms with Gasteiger partial charge in [-0.3, -0.25) is 0 Å². The second-order valence-corrected chi connectivity index (χ2v) is 7.02. The van der Waals surface area contributed by atoms with Gasteiger partial charge in [0, 0.05) is 31.5 Å². The van der Waals surface area contributed by atoms with Crippen molar-refractivity contribution in [3.05, 3.63) is 23.8 Å². The van der Waals surface area contributed by atoms with Crippen molar-refractivity contribution in [2.75, 3.05) is 30.8 Å². The summed E-state index contributed by atoms with van der Waals surface area (Å²) < 4.78 is 5.44. The molecule has 0 aliphatic carbocycles. The first kappa shape index (κ1) is 16.5. The minimum Gasteiger partial charge on any atom is -0.444 e. The zero-order valence-corrected chi connectivity index (χ0v) is 14.2. The van der Waals surface area contributed by atoms with E-state index >= 15 is 0 Å². The summed E-state index contributed by atoms with van der Waals surface area (Å²) in [6.45, 7) is 9.42. The molecular weight excluding hydrogens is 278 g/mol. The Balaban J connectivity index is 2.00. The average Bonchev–Trinajstić information content (AvgIpc) is 2.88. The number of benzene rings is 1. The van der Waals surface area contributed by atoms with Crippen LogP contribution in [0.4, 0.5) is 16.2 Å². The number of likely N-dealkylation sites (N-methyl/N-ethyl adjacent to an activating group) is 1. The number of carbonyl (C=O) groups is 1. The van der Waals surface area contributed by atoms with Crippen molar-refractivity contribution in [2.24, 2.45) is 0 Å². The number of aryl methyl sites for hydroxylation is 1. The molecular formula is C17H27N3O2. The van der Waals surface area contributed by atoms with E-state index in [-0.39, 0.29) is 12.1 Å². The van der Waals surface area contributed by atoms with E-state index in [1.807, 2.05) is 46.9 Å². The highest BCUT2D eigenvalue weighted by atomic mass is 16.6. The number of hydrogen-bond acceptors (Lipinski definition) is 4. The Labute approximate surface area is 133 Å². The number of amides is 1. The number of nitrogens with two attached hydrogens (primary N) is 1. The van der Waals surface area contributed by atoms with E-state index in [0.717, 1.165) is 36.4 Å². The van der Waals surface area contributed by atoms with Gasteiger partial charge in [0.1, 0.15) is 5.60 Å². The first-order valence-corrected chi connectivity index (χ1v) is 7.74. The molecule has 0 saturated carbocycles. The summed E-state index contributed by atoms with van der Waals surface area (Å²) in [5, 5.41) is 0. The number of rotatable bonds is 2. The molecule has 22 heavy (non-hydrogen) atoms. The smallest absolute Gasteiger partial charge is 0.410 e. The van der Waals surface area contributed by atoms with Gasteiger partial charge >= 0.3 is 6.09 Å². The Morgan fingerprint density at radius 1 is 1.41 bits per heavy atom. The van der Waals surface area contributed by atoms with Gasteiger partial charge in [-0.25, -0.2) is 4.79 Å². The van der Waals surface area contributed by atoms with Crippen LogP contribution in [-0.2, 0) is 4.74 Å². The molecule has 1 aromatic rings. The van der Waals surface area contributed by atoms with Crippen LogP contribution in [0, 0.1) is 6.92 Å². The summed E-state index contributed by atoms with van der Waals surface area (Å²) >= 11 is 0. The first-order chi connectivity index (χ1) is 10.2. The van der Waals surface area contributed by atoms with E-state index in [1.54, 1.807) is 4.90 Å². The molecule has 1 aromatic carbocycles. The molecule has 0 aromatic heterocycles. The highest BCUT2D eigenvalue weighted by Crippen LogP contribution is 2.26. The van der Waals surface area contributed by atoms with Gasteiger partial charge in [0.2, 0.25) is 0 Å². The fourth-order valence-corrected chi connectivity index (χ4v) is 2.63. The fraction of sp³-hybridized carbons (Fsp3) is 0.588. The van der Waals surface area contributed by atoms with Gasteiger partial charge in [0.05, 0.1) is 6.04 Å². The topological polar surface area (TPSA) is 58.8 Å². The Bertz CT molecular complexity index is 551. The molecule has 0 radical (unpaired) electrons. The van der Waals surface area contributed by atoms with E-state index < -0.39 is 5.60 Å². The number of nitrogens with zero attached hydrogens (tertiary/aromatic N) is 2. The summed E-state index contributed by atoms with van der Waals surface area (Å²) in [6.07, 6.45) is 0.687. The SMILES string of the molecule is Cc1cc(N2CCC(N(C)C(=O)OC(C)(C)C)C2)ccc1N. The maximum Gasteiger partial charge on any atom is 0.410 e. The van der Waals surface area contributed by atoms with Crippen molar-refractivity contribution in [3.63, 3.8) is 0 Å². The second kappa shape index (κ2) is 6.07. The fourth-order valence-electron chi connectivity index (χ4n) is 2.63. The summed E-state index contributed by atoms with van der Waals surface area (Å²) in [5.74, 6) is 0. The number of nitrogen functional groups attached to an aromatic ring is 1. The molecule has 1 amide bonds. The molecule has 1 heterocycles. The van der Waals surface area contributed by atoms with Crippen molar-refractivity contribution in [2.45, 2.75) is 45.8 Å². The minimum atomic E-state index is -0.461. The molecule has 0 spiro atoms. The normalized spacial score (nSPS) is 18.4. The molecule has 5 nitrogen and oxygen atoms in total. The predicted molar refractivity (Wildman–Crippen MR) is 90.2 cm³/mol. The van der Waals surface area contributed by atoms with Gasteiger partial charge in [-0.05, 0) is 57.9 Å². The third-order valence-electron chi connectivity index (χ3n) is 4.01. The van der Waals surface area contributed by atoms with Crippen molar-refractivity contribution in [3.8, 4) is 0 Å². The lowest BCUT2D eigenvalue weighted by atomic mass is 10.1. The molecule has 0 bridgehead atoms. The van der Waals surface area contributed by atoms with Crippen molar-refractivity contribution in [1.29, 1.82) is 0 Å². The Hall–Kier alpha value is -1.91. The standard InChI is InChI=1S/C17H27N3O2/c1-12-10-13(6-7-15(12)18)20-9-8-14(11-20)19(5)16(21)22-17(2,3)4/h6-7,10,14H,8-9,11,18H2,1-5H3. The first-order valence-electron chi connectivity index (χ1n) is 7.74. The molecule has 2 N–H and O–H groups in total. The quantitative estimate of drug-likeness (QED) is 0.853. The zero-order valence-electron chi connectivity index (χ0n) is 14.2. The van der Waals surface area contributed by atoms with E-state index in [4.69, 9.17) is 10.5 Å². The molecule has 1 unspecified atom stereocenters. The molecule has 1 aliphatic heterocycles. The largest absolute Gasteiger partial charge is 0.444 e. The van der Waals surface area contributed by atoms with Crippen LogP contribution in [0.5, 0.6) is 0 Å². The van der Waals surface area contributed by atoms with Crippen LogP contribution < -0.4 is 10.6 Å². The molecule has 122 valence electrons. The third-order valence-corrected chi connectivity index (χ3v) is 4.01. The van der Waals surface area contributed by atoms with Crippen molar-refractivity contribution >= 4 is 17.5 Å². The van der Waals surface area contributed by atoms with Crippen LogP contribution in [0.3, 0.4) is 0 Å². The molecule has 1 atom stereocenters. The number of ether oxygens (including phenoxy) is 1. The lowest BCUT2D eigenvalue weighted by molar-refractivity contribution is 0.0238. The molecule has 1 aliphatic rings. The third kappa shape index (κ3) is 3.84. The number of anilines is 2. The number of carbonyl (C=O) groups excluding carboxylic acids is 1. The van der Waals surface area contributed by atoms with Crippen LogP contribution >= 0.6 is 0 Å². The summed E-state index contributed by atoms with van der Waals surface area (Å²) in [7, 11) is 1.82. The summed E-state index contributed by atoms with van der Waals surface area (Å²) in [5.41, 5.74) is 8.47. The number of hydrogen-bond donors (Lipinski definition) is 1. The maximum atomic E-state index is 12.2. The van der Waals surface area contributed by atoms with Gasteiger partial charge in [-0.2, -0.15) is 0 Å². The molecule has 1 fully saturated rings. The Morgan fingerprint density at radius 2 is 2.09 bits per heavy atom. The monoisotopic (exact) mass is 305 g/mol. The van der Waals surface area contributed by atoms with Gasteiger partial charge in [0.15, 0.2) is 0 Å². The maximum absolute atomic E-state index is 12.2. The van der Waals surface area contributed by atoms with E-state index in [2.05, 4.69) is 11.0 Å². The van der Waals surface area contributed by atoms with Crippen molar-refractivity contribution in [1.82, 2.24) is 4.90 Å². The molecule has 1 saturated heterocycles. The Kier molecular flexibility index (Phi) is 4.54. The zero-order chi connectivity index (χ0) is 16.5. The van der Waals surface area contributed by atoms with Crippen LogP contribution in [0.2, 0.25) is 0 Å². The highest BCUT2D eigenvalue weighted by Gasteiger charge is 2.31. The Morgan fingerprint density at radius 3 is 2.68 bits per heavy atom. The van der Waals surface area contributed by atoms with Gasteiger partial charge < -0.3 is 20.3 Å². The summed E-state index contributed by atoms with van der Waals surface area (Å²) in [6, 6.07) is 6.26. The van der Waals surface area contributed by atoms with E-state index in [1.165, 1.54) is 0 Å². The average molecular weight is 305 g/mol. The lowest BCUT2D eigenvalue weighted by Crippen LogP contribution is -2.42. The second-order valence-electron chi connectivity index (χ2n) is 7.02. The van der Waals surface area contributed by atoms with E-state index in [0.29, 0.717) is 0 Å². The van der Waals surface area contributed by atoms with Gasteiger partial charge in [-0.15, -0.1) is 0 Å². The predicted octanol–water partition coefficient (Wildman–Crippen LogP) is 3.02. The van der Waals surface area contributed by atoms with Gasteiger partial charge in [0.25, 0.3) is 0 Å². The van der Waals surface area contributed by atoms with Crippen LogP contribution in [0.25, 0.3) is 0 Å². The van der Waals surface area contributed by atoms with Crippen LogP contribution in [0.15, 0.2) is 18.2 Å². The molecule has 5 heteroatoms. The molecule has 2 rings (SSSR count).